The van der Waals surface area contributed by atoms with Crippen LogP contribution in [0.5, 0.6) is 5.75 Å². The standard InChI is InChI=1S/C27H21ClN4O2/c1-30-27(33)21(16-29)15-22-17-32(24-5-3-2-4-6-24)31-26(22)20-9-13-25(14-10-20)34-18-19-7-11-23(28)12-8-19/h2-15,17H,18H2,1H3,(H,30,33). The number of carbonyl (C=O) groups is 1. The summed E-state index contributed by atoms with van der Waals surface area (Å²) in [5, 5.41) is 17.4. The van der Waals surface area contributed by atoms with Gasteiger partial charge in [-0.3, -0.25) is 4.79 Å². The van der Waals surface area contributed by atoms with Crippen molar-refractivity contribution in [2.45, 2.75) is 6.61 Å². The number of aromatic nitrogens is 2. The van der Waals surface area contributed by atoms with E-state index in [1.165, 1.54) is 7.05 Å². The van der Waals surface area contributed by atoms with E-state index >= 15 is 0 Å². The van der Waals surface area contributed by atoms with Gasteiger partial charge in [-0.1, -0.05) is 41.9 Å². The van der Waals surface area contributed by atoms with Crippen LogP contribution in [0.4, 0.5) is 0 Å². The summed E-state index contributed by atoms with van der Waals surface area (Å²) < 4.78 is 7.61. The summed E-state index contributed by atoms with van der Waals surface area (Å²) in [7, 11) is 1.49. The van der Waals surface area contributed by atoms with Crippen LogP contribution < -0.4 is 10.1 Å². The first-order chi connectivity index (χ1) is 16.6. The molecule has 0 saturated heterocycles. The number of hydrogen-bond acceptors (Lipinski definition) is 4. The van der Waals surface area contributed by atoms with Gasteiger partial charge in [-0.2, -0.15) is 10.4 Å². The summed E-state index contributed by atoms with van der Waals surface area (Å²) >= 11 is 5.93. The first kappa shape index (κ1) is 22.8. The highest BCUT2D eigenvalue weighted by Gasteiger charge is 2.14. The second kappa shape index (κ2) is 10.5. The molecule has 1 aromatic heterocycles. The Kier molecular flexibility index (Phi) is 7.07. The van der Waals surface area contributed by atoms with Crippen LogP contribution in [0.25, 0.3) is 23.0 Å². The smallest absolute Gasteiger partial charge is 0.261 e. The van der Waals surface area contributed by atoms with Crippen LogP contribution >= 0.6 is 11.6 Å². The maximum absolute atomic E-state index is 12.1. The van der Waals surface area contributed by atoms with Gasteiger partial charge in [0.2, 0.25) is 0 Å². The largest absolute Gasteiger partial charge is 0.489 e. The topological polar surface area (TPSA) is 79.9 Å². The molecule has 0 bridgehead atoms. The Labute approximate surface area is 202 Å². The number of nitrogens with zero attached hydrogens (tertiary/aromatic N) is 3. The number of benzene rings is 3. The van der Waals surface area contributed by atoms with Gasteiger partial charge >= 0.3 is 0 Å². The van der Waals surface area contributed by atoms with E-state index in [4.69, 9.17) is 21.4 Å². The van der Waals surface area contributed by atoms with Crippen molar-refractivity contribution in [3.8, 4) is 28.8 Å². The normalized spacial score (nSPS) is 11.0. The number of ether oxygens (including phenoxy) is 1. The van der Waals surface area contributed by atoms with Gasteiger partial charge in [0, 0.05) is 29.4 Å². The Bertz CT molecular complexity index is 1350. The van der Waals surface area contributed by atoms with Crippen LogP contribution in [0.15, 0.2) is 90.6 Å². The van der Waals surface area contributed by atoms with Crippen molar-refractivity contribution in [1.82, 2.24) is 15.1 Å². The zero-order chi connectivity index (χ0) is 23.9. The van der Waals surface area contributed by atoms with Gasteiger partial charge in [-0.05, 0) is 60.2 Å². The minimum absolute atomic E-state index is 0.000667. The molecule has 0 spiro atoms. The summed E-state index contributed by atoms with van der Waals surface area (Å²) in [5.74, 6) is 0.258. The van der Waals surface area contributed by atoms with E-state index < -0.39 is 5.91 Å². The molecule has 4 aromatic rings. The second-order valence-corrected chi connectivity index (χ2v) is 7.84. The highest BCUT2D eigenvalue weighted by atomic mass is 35.5. The Morgan fingerprint density at radius 2 is 1.79 bits per heavy atom. The molecule has 0 aliphatic heterocycles. The summed E-state index contributed by atoms with van der Waals surface area (Å²) in [6, 6.07) is 26.6. The minimum Gasteiger partial charge on any atom is -0.489 e. The molecule has 7 heteroatoms. The molecule has 3 aromatic carbocycles. The second-order valence-electron chi connectivity index (χ2n) is 7.40. The summed E-state index contributed by atoms with van der Waals surface area (Å²) in [4.78, 5) is 12.1. The Morgan fingerprint density at radius 3 is 2.44 bits per heavy atom. The maximum atomic E-state index is 12.1. The van der Waals surface area contributed by atoms with E-state index in [-0.39, 0.29) is 5.57 Å². The van der Waals surface area contributed by atoms with Crippen LogP contribution in [0.1, 0.15) is 11.1 Å². The third kappa shape index (κ3) is 5.34. The van der Waals surface area contributed by atoms with Crippen LogP contribution in [0, 0.1) is 11.3 Å². The molecular formula is C27H21ClN4O2. The third-order valence-corrected chi connectivity index (χ3v) is 5.35. The molecule has 1 N–H and O–H groups in total. The van der Waals surface area contributed by atoms with E-state index in [9.17, 15) is 10.1 Å². The lowest BCUT2D eigenvalue weighted by Crippen LogP contribution is -2.19. The lowest BCUT2D eigenvalue weighted by molar-refractivity contribution is -0.116. The highest BCUT2D eigenvalue weighted by molar-refractivity contribution is 6.30. The number of rotatable bonds is 7. The molecule has 1 heterocycles. The number of hydrogen-bond donors (Lipinski definition) is 1. The summed E-state index contributed by atoms with van der Waals surface area (Å²) in [5.41, 5.74) is 4.00. The zero-order valence-electron chi connectivity index (χ0n) is 18.4. The number of halogens is 1. The predicted molar refractivity (Wildman–Crippen MR) is 132 cm³/mol. The molecule has 168 valence electrons. The van der Waals surface area contributed by atoms with Crippen molar-refractivity contribution < 1.29 is 9.53 Å². The molecule has 0 saturated carbocycles. The van der Waals surface area contributed by atoms with Gasteiger partial charge in [0.1, 0.15) is 24.0 Å². The molecule has 0 aliphatic carbocycles. The Balaban J connectivity index is 1.64. The van der Waals surface area contributed by atoms with Crippen LogP contribution in [-0.4, -0.2) is 22.7 Å². The summed E-state index contributed by atoms with van der Waals surface area (Å²) in [6.45, 7) is 0.421. The van der Waals surface area contributed by atoms with Crippen LogP contribution in [0.2, 0.25) is 5.02 Å². The average molecular weight is 469 g/mol. The van der Waals surface area contributed by atoms with Crippen LogP contribution in [0.3, 0.4) is 0 Å². The molecule has 0 aliphatic rings. The van der Waals surface area contributed by atoms with Gasteiger partial charge in [0.05, 0.1) is 11.4 Å². The average Bonchev–Trinajstić information content (AvgIpc) is 3.31. The molecule has 1 amide bonds. The zero-order valence-corrected chi connectivity index (χ0v) is 19.2. The fraction of sp³-hybridized carbons (Fsp3) is 0.0741. The first-order valence-electron chi connectivity index (χ1n) is 10.5. The lowest BCUT2D eigenvalue weighted by Gasteiger charge is -2.07. The fourth-order valence-corrected chi connectivity index (χ4v) is 3.45. The Hall–Kier alpha value is -4.34. The number of nitrogens with one attached hydrogen (secondary N) is 1. The van der Waals surface area contributed by atoms with E-state index in [1.807, 2.05) is 84.9 Å². The maximum Gasteiger partial charge on any atom is 0.261 e. The van der Waals surface area contributed by atoms with Crippen molar-refractivity contribution >= 4 is 23.6 Å². The van der Waals surface area contributed by atoms with Crippen molar-refractivity contribution in [3.05, 3.63) is 107 Å². The van der Waals surface area contributed by atoms with Gasteiger partial charge < -0.3 is 10.1 Å². The lowest BCUT2D eigenvalue weighted by atomic mass is 10.1. The van der Waals surface area contributed by atoms with Gasteiger partial charge in [0.15, 0.2) is 0 Å². The number of nitriles is 1. The van der Waals surface area contributed by atoms with E-state index in [0.717, 1.165) is 16.8 Å². The van der Waals surface area contributed by atoms with Gasteiger partial charge in [0.25, 0.3) is 5.91 Å². The molecule has 4 rings (SSSR count). The van der Waals surface area contributed by atoms with E-state index in [2.05, 4.69) is 5.32 Å². The molecule has 0 fully saturated rings. The molecule has 0 atom stereocenters. The SMILES string of the molecule is CNC(=O)C(C#N)=Cc1cn(-c2ccccc2)nc1-c1ccc(OCc2ccc(Cl)cc2)cc1. The minimum atomic E-state index is -0.452. The molecule has 6 nitrogen and oxygen atoms in total. The van der Waals surface area contributed by atoms with Crippen molar-refractivity contribution in [2.24, 2.45) is 0 Å². The first-order valence-corrected chi connectivity index (χ1v) is 10.9. The Morgan fingerprint density at radius 1 is 1.09 bits per heavy atom. The highest BCUT2D eigenvalue weighted by Crippen LogP contribution is 2.28. The monoisotopic (exact) mass is 468 g/mol. The molecular weight excluding hydrogens is 448 g/mol. The van der Waals surface area contributed by atoms with Crippen molar-refractivity contribution in [2.75, 3.05) is 7.05 Å². The van der Waals surface area contributed by atoms with Crippen molar-refractivity contribution in [1.29, 1.82) is 5.26 Å². The number of para-hydroxylation sites is 1. The quantitative estimate of drug-likeness (QED) is 0.290. The van der Waals surface area contributed by atoms with Crippen LogP contribution in [-0.2, 0) is 11.4 Å². The number of carbonyl (C=O) groups excluding carboxylic acids is 1. The van der Waals surface area contributed by atoms with Gasteiger partial charge in [-0.25, -0.2) is 4.68 Å². The predicted octanol–water partition coefficient (Wildman–Crippen LogP) is 5.42. The number of amides is 1. The van der Waals surface area contributed by atoms with Gasteiger partial charge in [-0.15, -0.1) is 0 Å². The van der Waals surface area contributed by atoms with E-state index in [0.29, 0.717) is 28.6 Å². The van der Waals surface area contributed by atoms with E-state index in [1.54, 1.807) is 17.0 Å². The number of likely N-dealkylation sites (N-methyl/N-ethyl adjacent to an activating group) is 1. The molecule has 34 heavy (non-hydrogen) atoms. The van der Waals surface area contributed by atoms with Crippen molar-refractivity contribution in [3.63, 3.8) is 0 Å². The molecule has 0 radical (unpaired) electrons. The molecule has 0 unspecified atom stereocenters. The third-order valence-electron chi connectivity index (χ3n) is 5.10. The fourth-order valence-electron chi connectivity index (χ4n) is 3.33. The summed E-state index contributed by atoms with van der Waals surface area (Å²) in [6.07, 6.45) is 3.35.